The fourth-order valence-electron chi connectivity index (χ4n) is 3.08. The van der Waals surface area contributed by atoms with E-state index >= 15 is 0 Å². The molecule has 0 saturated carbocycles. The van der Waals surface area contributed by atoms with Gasteiger partial charge in [-0.3, -0.25) is 9.59 Å². The maximum absolute atomic E-state index is 12.1. The predicted molar refractivity (Wildman–Crippen MR) is 76.8 cm³/mol. The lowest BCUT2D eigenvalue weighted by atomic mass is 9.72. The number of benzene rings is 1. The predicted octanol–water partition coefficient (Wildman–Crippen LogP) is 4.39. The van der Waals surface area contributed by atoms with Gasteiger partial charge in [0.1, 0.15) is 0 Å². The Kier molecular flexibility index (Phi) is 3.62. The average molecular weight is 258 g/mol. The van der Waals surface area contributed by atoms with E-state index in [1.165, 1.54) is 0 Å². The molecule has 0 fully saturated rings. The van der Waals surface area contributed by atoms with Crippen LogP contribution in [0.25, 0.3) is 0 Å². The van der Waals surface area contributed by atoms with Gasteiger partial charge >= 0.3 is 0 Å². The highest BCUT2D eigenvalue weighted by molar-refractivity contribution is 6.04. The van der Waals surface area contributed by atoms with E-state index in [-0.39, 0.29) is 17.0 Å². The van der Waals surface area contributed by atoms with Crippen molar-refractivity contribution in [3.8, 4) is 0 Å². The van der Waals surface area contributed by atoms with Crippen LogP contribution in [-0.4, -0.2) is 11.6 Å². The minimum atomic E-state index is 0.0606. The van der Waals surface area contributed by atoms with Crippen molar-refractivity contribution in [1.29, 1.82) is 0 Å². The molecule has 19 heavy (non-hydrogen) atoms. The molecule has 0 aromatic heterocycles. The third-order valence-electron chi connectivity index (χ3n) is 3.77. The molecule has 0 bridgehead atoms. The van der Waals surface area contributed by atoms with E-state index in [1.54, 1.807) is 6.92 Å². The molecular formula is C17H22O2. The summed E-state index contributed by atoms with van der Waals surface area (Å²) in [7, 11) is 0. The van der Waals surface area contributed by atoms with Crippen molar-refractivity contribution in [3.05, 3.63) is 34.9 Å². The Labute approximate surface area is 115 Å². The van der Waals surface area contributed by atoms with Gasteiger partial charge < -0.3 is 0 Å². The Morgan fingerprint density at radius 2 is 2.00 bits per heavy atom. The monoisotopic (exact) mass is 258 g/mol. The smallest absolute Gasteiger partial charge is 0.163 e. The summed E-state index contributed by atoms with van der Waals surface area (Å²) >= 11 is 0. The van der Waals surface area contributed by atoms with Crippen molar-refractivity contribution in [1.82, 2.24) is 0 Å². The van der Waals surface area contributed by atoms with Crippen LogP contribution in [0.3, 0.4) is 0 Å². The molecule has 0 amide bonds. The number of Topliss-reactive ketones (excluding diaryl/α,β-unsaturated/α-hetero) is 2. The fraction of sp³-hybridized carbons (Fsp3) is 0.529. The largest absolute Gasteiger partial charge is 0.295 e. The zero-order chi connectivity index (χ0) is 14.2. The summed E-state index contributed by atoms with van der Waals surface area (Å²) in [5.41, 5.74) is 2.71. The zero-order valence-electron chi connectivity index (χ0n) is 12.2. The number of rotatable bonds is 2. The fourth-order valence-corrected chi connectivity index (χ4v) is 3.08. The van der Waals surface area contributed by atoms with Crippen molar-refractivity contribution in [3.63, 3.8) is 0 Å². The Balaban J connectivity index is 2.52. The third-order valence-corrected chi connectivity index (χ3v) is 3.77. The van der Waals surface area contributed by atoms with E-state index in [0.29, 0.717) is 12.3 Å². The van der Waals surface area contributed by atoms with Gasteiger partial charge in [0, 0.05) is 17.5 Å². The lowest BCUT2D eigenvalue weighted by Crippen LogP contribution is -2.22. The Bertz CT molecular complexity index is 506. The molecule has 0 N–H and O–H groups in total. The standard InChI is InChI=1S/C17H22O2/c1-11(18)13-6-5-7-14-15(19)9-8-12(16(13)14)10-17(2,3)4/h5-7,12H,8-10H2,1-4H3. The van der Waals surface area contributed by atoms with Gasteiger partial charge in [-0.05, 0) is 36.7 Å². The van der Waals surface area contributed by atoms with Crippen LogP contribution in [0.5, 0.6) is 0 Å². The van der Waals surface area contributed by atoms with Crippen LogP contribution in [0, 0.1) is 5.41 Å². The van der Waals surface area contributed by atoms with E-state index < -0.39 is 0 Å². The van der Waals surface area contributed by atoms with Crippen molar-refractivity contribution >= 4 is 11.6 Å². The van der Waals surface area contributed by atoms with Crippen LogP contribution in [0.1, 0.15) is 79.2 Å². The van der Waals surface area contributed by atoms with Crippen molar-refractivity contribution in [2.75, 3.05) is 0 Å². The van der Waals surface area contributed by atoms with Gasteiger partial charge in [-0.1, -0.05) is 39.0 Å². The second kappa shape index (κ2) is 4.92. The van der Waals surface area contributed by atoms with Crippen LogP contribution in [0.4, 0.5) is 0 Å². The van der Waals surface area contributed by atoms with E-state index in [9.17, 15) is 9.59 Å². The lowest BCUT2D eigenvalue weighted by Gasteiger charge is -2.31. The minimum absolute atomic E-state index is 0.0606. The molecule has 1 unspecified atom stereocenters. The molecule has 2 nitrogen and oxygen atoms in total. The van der Waals surface area contributed by atoms with Crippen LogP contribution < -0.4 is 0 Å². The number of fused-ring (bicyclic) bond motifs is 1. The number of hydrogen-bond acceptors (Lipinski definition) is 2. The number of ketones is 2. The molecule has 1 aliphatic rings. The topological polar surface area (TPSA) is 34.1 Å². The molecule has 1 atom stereocenters. The SMILES string of the molecule is CC(=O)c1cccc2c1C(CC(C)(C)C)CCC2=O. The first-order valence-corrected chi connectivity index (χ1v) is 6.96. The van der Waals surface area contributed by atoms with Crippen molar-refractivity contribution < 1.29 is 9.59 Å². The average Bonchev–Trinajstić information content (AvgIpc) is 2.30. The maximum Gasteiger partial charge on any atom is 0.163 e. The highest BCUT2D eigenvalue weighted by Gasteiger charge is 2.31. The van der Waals surface area contributed by atoms with Gasteiger partial charge in [-0.25, -0.2) is 0 Å². The summed E-state index contributed by atoms with van der Waals surface area (Å²) < 4.78 is 0. The Hall–Kier alpha value is -1.44. The summed E-state index contributed by atoms with van der Waals surface area (Å²) in [6.07, 6.45) is 2.49. The van der Waals surface area contributed by atoms with Crippen LogP contribution in [0.15, 0.2) is 18.2 Å². The van der Waals surface area contributed by atoms with Crippen LogP contribution in [-0.2, 0) is 0 Å². The normalized spacial score (nSPS) is 19.2. The summed E-state index contributed by atoms with van der Waals surface area (Å²) in [4.78, 5) is 23.9. The van der Waals surface area contributed by atoms with Gasteiger partial charge in [-0.15, -0.1) is 0 Å². The van der Waals surface area contributed by atoms with Gasteiger partial charge in [-0.2, -0.15) is 0 Å². The zero-order valence-corrected chi connectivity index (χ0v) is 12.2. The summed E-state index contributed by atoms with van der Waals surface area (Å²) in [6, 6.07) is 5.56. The molecule has 2 rings (SSSR count). The molecule has 0 spiro atoms. The van der Waals surface area contributed by atoms with Gasteiger partial charge in [0.15, 0.2) is 11.6 Å². The third kappa shape index (κ3) is 2.94. The first-order valence-electron chi connectivity index (χ1n) is 6.96. The first-order chi connectivity index (χ1) is 8.79. The maximum atomic E-state index is 12.1. The molecule has 0 aliphatic heterocycles. The first kappa shape index (κ1) is 14.0. The molecule has 0 radical (unpaired) electrons. The summed E-state index contributed by atoms with van der Waals surface area (Å²) in [5, 5.41) is 0. The number of carbonyl (C=O) groups excluding carboxylic acids is 2. The molecule has 2 heteroatoms. The molecule has 0 saturated heterocycles. The highest BCUT2D eigenvalue weighted by atomic mass is 16.1. The molecule has 1 aliphatic carbocycles. The van der Waals surface area contributed by atoms with Gasteiger partial charge in [0.25, 0.3) is 0 Å². The highest BCUT2D eigenvalue weighted by Crippen LogP contribution is 2.41. The molecule has 102 valence electrons. The molecule has 1 aromatic carbocycles. The van der Waals surface area contributed by atoms with E-state index in [2.05, 4.69) is 20.8 Å². The molecule has 1 aromatic rings. The van der Waals surface area contributed by atoms with E-state index in [4.69, 9.17) is 0 Å². The van der Waals surface area contributed by atoms with Crippen molar-refractivity contribution in [2.45, 2.75) is 52.9 Å². The minimum Gasteiger partial charge on any atom is -0.295 e. The lowest BCUT2D eigenvalue weighted by molar-refractivity contribution is 0.0961. The second-order valence-corrected chi connectivity index (χ2v) is 6.75. The quantitative estimate of drug-likeness (QED) is 0.737. The van der Waals surface area contributed by atoms with Crippen LogP contribution in [0.2, 0.25) is 0 Å². The number of hydrogen-bond donors (Lipinski definition) is 0. The molecular weight excluding hydrogens is 236 g/mol. The summed E-state index contributed by atoms with van der Waals surface area (Å²) in [5.74, 6) is 0.571. The van der Waals surface area contributed by atoms with E-state index in [1.807, 2.05) is 18.2 Å². The second-order valence-electron chi connectivity index (χ2n) is 6.75. The van der Waals surface area contributed by atoms with Crippen molar-refractivity contribution in [2.24, 2.45) is 5.41 Å². The van der Waals surface area contributed by atoms with E-state index in [0.717, 1.165) is 29.5 Å². The summed E-state index contributed by atoms with van der Waals surface area (Å²) in [6.45, 7) is 8.21. The Morgan fingerprint density at radius 3 is 2.58 bits per heavy atom. The van der Waals surface area contributed by atoms with Crippen LogP contribution >= 0.6 is 0 Å². The van der Waals surface area contributed by atoms with Gasteiger partial charge in [0.05, 0.1) is 0 Å². The number of carbonyl (C=O) groups is 2. The Morgan fingerprint density at radius 1 is 1.32 bits per heavy atom. The van der Waals surface area contributed by atoms with Gasteiger partial charge in [0.2, 0.25) is 0 Å². The molecule has 0 heterocycles.